The van der Waals surface area contributed by atoms with E-state index in [0.29, 0.717) is 0 Å². The van der Waals surface area contributed by atoms with Gasteiger partial charge in [0.15, 0.2) is 0 Å². The Bertz CT molecular complexity index is 525. The molecule has 0 heterocycles. The molecule has 0 aliphatic heterocycles. The van der Waals surface area contributed by atoms with Gasteiger partial charge in [0.2, 0.25) is 0 Å². The van der Waals surface area contributed by atoms with Crippen molar-refractivity contribution in [3.63, 3.8) is 0 Å². The number of nitrogens with zero attached hydrogens (tertiary/aromatic N) is 1. The van der Waals surface area contributed by atoms with Crippen molar-refractivity contribution in [2.24, 2.45) is 0 Å². The third kappa shape index (κ3) is 3.55. The monoisotopic (exact) mass is 295 g/mol. The number of nitriles is 1. The molecule has 3 nitrogen and oxygen atoms in total. The number of carboxylic acids is 1. The van der Waals surface area contributed by atoms with Crippen LogP contribution in [-0.2, 0) is 5.88 Å². The molecule has 0 fully saturated rings. The van der Waals surface area contributed by atoms with Gasteiger partial charge in [0.1, 0.15) is 6.07 Å². The first-order valence-electron chi connectivity index (χ1n) is 4.40. The van der Waals surface area contributed by atoms with Gasteiger partial charge in [-0.1, -0.05) is 0 Å². The van der Waals surface area contributed by atoms with E-state index in [1.807, 2.05) is 0 Å². The highest BCUT2D eigenvalue weighted by atomic mass is 35.5. The van der Waals surface area contributed by atoms with Crippen LogP contribution >= 0.6 is 23.4 Å². The van der Waals surface area contributed by atoms with E-state index in [4.69, 9.17) is 22.0 Å². The third-order valence-electron chi connectivity index (χ3n) is 1.88. The minimum Gasteiger partial charge on any atom is -0.478 e. The highest BCUT2D eigenvalue weighted by Gasteiger charge is 2.32. The summed E-state index contributed by atoms with van der Waals surface area (Å²) in [6.45, 7) is 0. The number of benzene rings is 1. The number of thioether (sulfide) groups is 1. The van der Waals surface area contributed by atoms with Gasteiger partial charge in [-0.2, -0.15) is 18.4 Å². The average Bonchev–Trinajstić information content (AvgIpc) is 2.25. The minimum atomic E-state index is -4.64. The number of aromatic carboxylic acids is 1. The summed E-state index contributed by atoms with van der Waals surface area (Å²) in [5.74, 6) is -1.69. The minimum absolute atomic E-state index is 0.111. The molecule has 1 aromatic carbocycles. The first kappa shape index (κ1) is 14.7. The molecule has 96 valence electrons. The molecule has 0 aromatic heterocycles. The lowest BCUT2D eigenvalue weighted by Gasteiger charge is -2.11. The fraction of sp³-hybridized carbons (Fsp3) is 0.200. The Hall–Kier alpha value is -1.39. The molecule has 0 amide bonds. The molecular formula is C10H5ClF3NO2S. The molecular weight excluding hydrogens is 291 g/mol. The van der Waals surface area contributed by atoms with Gasteiger partial charge in [-0.3, -0.25) is 0 Å². The van der Waals surface area contributed by atoms with E-state index in [1.54, 1.807) is 6.07 Å². The van der Waals surface area contributed by atoms with Crippen LogP contribution in [0.5, 0.6) is 0 Å². The second kappa shape index (κ2) is 5.50. The van der Waals surface area contributed by atoms with Gasteiger partial charge in [-0.05, 0) is 29.5 Å². The third-order valence-corrected chi connectivity index (χ3v) is 2.96. The molecule has 0 bridgehead atoms. The lowest BCUT2D eigenvalue weighted by Crippen LogP contribution is -2.08. The highest BCUT2D eigenvalue weighted by molar-refractivity contribution is 8.00. The van der Waals surface area contributed by atoms with Gasteiger partial charge in [0, 0.05) is 10.8 Å². The second-order valence-corrected chi connectivity index (χ2v) is 4.49. The standard InChI is InChI=1S/C10H5ClF3NO2S/c11-3-5-1-6(4-15)8(9(16)17)7(2-5)18-10(12,13)14/h1-2H,3H2,(H,16,17). The van der Waals surface area contributed by atoms with Crippen molar-refractivity contribution in [1.82, 2.24) is 0 Å². The molecule has 0 unspecified atom stereocenters. The van der Waals surface area contributed by atoms with Crippen molar-refractivity contribution in [2.75, 3.05) is 0 Å². The Morgan fingerprint density at radius 3 is 2.50 bits per heavy atom. The molecule has 18 heavy (non-hydrogen) atoms. The number of alkyl halides is 4. The van der Waals surface area contributed by atoms with Crippen LogP contribution in [0.25, 0.3) is 0 Å². The smallest absolute Gasteiger partial charge is 0.446 e. The molecule has 0 spiro atoms. The Morgan fingerprint density at radius 1 is 1.50 bits per heavy atom. The number of hydrogen-bond donors (Lipinski definition) is 1. The van der Waals surface area contributed by atoms with Crippen molar-refractivity contribution in [3.8, 4) is 6.07 Å². The molecule has 0 aliphatic carbocycles. The number of halogens is 4. The zero-order valence-electron chi connectivity index (χ0n) is 8.58. The molecule has 0 atom stereocenters. The summed E-state index contributed by atoms with van der Waals surface area (Å²) in [5, 5.41) is 17.6. The Morgan fingerprint density at radius 2 is 2.11 bits per heavy atom. The van der Waals surface area contributed by atoms with E-state index in [2.05, 4.69) is 0 Å². The molecule has 8 heteroatoms. The second-order valence-electron chi connectivity index (χ2n) is 3.11. The van der Waals surface area contributed by atoms with Crippen molar-refractivity contribution in [2.45, 2.75) is 16.3 Å². The Kier molecular flexibility index (Phi) is 4.48. The van der Waals surface area contributed by atoms with E-state index in [1.165, 1.54) is 0 Å². The first-order valence-corrected chi connectivity index (χ1v) is 5.75. The average molecular weight is 296 g/mol. The van der Waals surface area contributed by atoms with E-state index < -0.39 is 33.7 Å². The van der Waals surface area contributed by atoms with E-state index in [9.17, 15) is 18.0 Å². The normalized spacial score (nSPS) is 11.1. The fourth-order valence-corrected chi connectivity index (χ4v) is 2.18. The summed E-state index contributed by atoms with van der Waals surface area (Å²) in [6.07, 6.45) is 0. The van der Waals surface area contributed by atoms with Gasteiger partial charge in [-0.25, -0.2) is 4.79 Å². The maximum Gasteiger partial charge on any atom is 0.446 e. The predicted molar refractivity (Wildman–Crippen MR) is 59.6 cm³/mol. The van der Waals surface area contributed by atoms with Crippen LogP contribution < -0.4 is 0 Å². The van der Waals surface area contributed by atoms with E-state index in [-0.39, 0.29) is 17.0 Å². The zero-order valence-corrected chi connectivity index (χ0v) is 10.2. The summed E-state index contributed by atoms with van der Waals surface area (Å²) in [4.78, 5) is 10.4. The maximum atomic E-state index is 12.3. The van der Waals surface area contributed by atoms with E-state index >= 15 is 0 Å². The molecule has 0 saturated carbocycles. The lowest BCUT2D eigenvalue weighted by molar-refractivity contribution is -0.0328. The molecule has 0 radical (unpaired) electrons. The van der Waals surface area contributed by atoms with Crippen LogP contribution in [0.15, 0.2) is 17.0 Å². The Labute approximate surface area is 109 Å². The molecule has 1 N–H and O–H groups in total. The molecule has 1 aromatic rings. The molecule has 0 saturated heterocycles. The first-order chi connectivity index (χ1) is 8.28. The lowest BCUT2D eigenvalue weighted by atomic mass is 10.1. The van der Waals surface area contributed by atoms with Crippen LogP contribution in [0, 0.1) is 11.3 Å². The highest BCUT2D eigenvalue weighted by Crippen LogP contribution is 2.40. The van der Waals surface area contributed by atoms with Crippen LogP contribution in [0.3, 0.4) is 0 Å². The summed E-state index contributed by atoms with van der Waals surface area (Å²) in [6, 6.07) is 3.74. The van der Waals surface area contributed by atoms with Gasteiger partial charge in [-0.15, -0.1) is 11.6 Å². The zero-order chi connectivity index (χ0) is 13.9. The predicted octanol–water partition coefficient (Wildman–Crippen LogP) is 3.61. The van der Waals surface area contributed by atoms with Gasteiger partial charge in [0.05, 0.1) is 11.1 Å². The van der Waals surface area contributed by atoms with Gasteiger partial charge >= 0.3 is 11.5 Å². The quantitative estimate of drug-likeness (QED) is 0.683. The number of hydrogen-bond acceptors (Lipinski definition) is 3. The van der Waals surface area contributed by atoms with Crippen molar-refractivity contribution in [1.29, 1.82) is 5.26 Å². The SMILES string of the molecule is N#Cc1cc(CCl)cc(SC(F)(F)F)c1C(=O)O. The van der Waals surface area contributed by atoms with Crippen molar-refractivity contribution < 1.29 is 23.1 Å². The Balaban J connectivity index is 3.45. The summed E-state index contributed by atoms with van der Waals surface area (Å²) in [7, 11) is 0. The van der Waals surface area contributed by atoms with Crippen LogP contribution in [0.1, 0.15) is 21.5 Å². The molecule has 1 rings (SSSR count). The van der Waals surface area contributed by atoms with Gasteiger partial charge in [0.25, 0.3) is 0 Å². The molecule has 0 aliphatic rings. The van der Waals surface area contributed by atoms with E-state index in [0.717, 1.165) is 12.1 Å². The van der Waals surface area contributed by atoms with Crippen LogP contribution in [-0.4, -0.2) is 16.6 Å². The number of rotatable bonds is 3. The number of carboxylic acid groups (broad SMARTS) is 1. The topological polar surface area (TPSA) is 61.1 Å². The van der Waals surface area contributed by atoms with Crippen molar-refractivity contribution in [3.05, 3.63) is 28.8 Å². The summed E-state index contributed by atoms with van der Waals surface area (Å²) < 4.78 is 36.9. The number of carbonyl (C=O) groups is 1. The summed E-state index contributed by atoms with van der Waals surface area (Å²) in [5.41, 5.74) is -5.38. The fourth-order valence-electron chi connectivity index (χ4n) is 1.26. The van der Waals surface area contributed by atoms with Crippen LogP contribution in [0.2, 0.25) is 0 Å². The maximum absolute atomic E-state index is 12.3. The summed E-state index contributed by atoms with van der Waals surface area (Å²) >= 11 is 4.91. The van der Waals surface area contributed by atoms with Crippen molar-refractivity contribution >= 4 is 29.3 Å². The largest absolute Gasteiger partial charge is 0.478 e. The van der Waals surface area contributed by atoms with Crippen LogP contribution in [0.4, 0.5) is 13.2 Å². The van der Waals surface area contributed by atoms with Gasteiger partial charge < -0.3 is 5.11 Å².